The molecule has 4 nitrogen and oxygen atoms in total. The standard InChI is InChI=1S/C12H20N2O2/c1-7(2)11(13-8(3)15)12(16)14-5-4-9-6-10(9)14/h7,9-11H,4-6H2,1-3H3,(H,13,15). The summed E-state index contributed by atoms with van der Waals surface area (Å²) >= 11 is 0. The lowest BCUT2D eigenvalue weighted by Crippen LogP contribution is -2.50. The fourth-order valence-electron chi connectivity index (χ4n) is 2.58. The smallest absolute Gasteiger partial charge is 0.245 e. The Labute approximate surface area is 96.4 Å². The molecule has 1 aliphatic heterocycles. The third-order valence-corrected chi connectivity index (χ3v) is 3.60. The predicted molar refractivity (Wildman–Crippen MR) is 60.7 cm³/mol. The SMILES string of the molecule is CC(=O)NC(C(=O)N1CCC2CC21)C(C)C. The van der Waals surface area contributed by atoms with Gasteiger partial charge in [-0.2, -0.15) is 0 Å². The van der Waals surface area contributed by atoms with Crippen molar-refractivity contribution in [1.29, 1.82) is 0 Å². The Morgan fingerprint density at radius 2 is 2.06 bits per heavy atom. The largest absolute Gasteiger partial charge is 0.344 e. The number of fused-ring (bicyclic) bond motifs is 1. The van der Waals surface area contributed by atoms with E-state index in [0.717, 1.165) is 25.3 Å². The number of rotatable bonds is 3. The van der Waals surface area contributed by atoms with Gasteiger partial charge in [0.15, 0.2) is 0 Å². The van der Waals surface area contributed by atoms with E-state index in [9.17, 15) is 9.59 Å². The van der Waals surface area contributed by atoms with Crippen LogP contribution in [0.2, 0.25) is 0 Å². The Bertz CT molecular complexity index is 314. The topological polar surface area (TPSA) is 49.4 Å². The maximum atomic E-state index is 12.3. The van der Waals surface area contributed by atoms with Gasteiger partial charge >= 0.3 is 0 Å². The summed E-state index contributed by atoms with van der Waals surface area (Å²) in [5.74, 6) is 0.872. The van der Waals surface area contributed by atoms with Crippen LogP contribution >= 0.6 is 0 Å². The summed E-state index contributed by atoms with van der Waals surface area (Å²) in [6.07, 6.45) is 2.30. The van der Waals surface area contributed by atoms with E-state index in [1.54, 1.807) is 0 Å². The molecule has 4 heteroatoms. The van der Waals surface area contributed by atoms with Crippen molar-refractivity contribution in [1.82, 2.24) is 10.2 Å². The molecule has 0 aromatic heterocycles. The Hall–Kier alpha value is -1.06. The highest BCUT2D eigenvalue weighted by Gasteiger charge is 2.50. The first-order valence-corrected chi connectivity index (χ1v) is 6.08. The number of amides is 2. The van der Waals surface area contributed by atoms with Crippen LogP contribution in [-0.2, 0) is 9.59 Å². The maximum Gasteiger partial charge on any atom is 0.245 e. The zero-order chi connectivity index (χ0) is 11.9. The maximum absolute atomic E-state index is 12.3. The van der Waals surface area contributed by atoms with E-state index >= 15 is 0 Å². The van der Waals surface area contributed by atoms with Gasteiger partial charge in [0.2, 0.25) is 11.8 Å². The zero-order valence-electron chi connectivity index (χ0n) is 10.2. The van der Waals surface area contributed by atoms with Crippen molar-refractivity contribution in [3.63, 3.8) is 0 Å². The molecule has 90 valence electrons. The molecule has 0 aromatic carbocycles. The predicted octanol–water partition coefficient (Wildman–Crippen LogP) is 0.768. The summed E-state index contributed by atoms with van der Waals surface area (Å²) in [6, 6.07) is 0.124. The van der Waals surface area contributed by atoms with E-state index in [4.69, 9.17) is 0 Å². The first-order chi connectivity index (χ1) is 7.50. The summed E-state index contributed by atoms with van der Waals surface area (Å²) in [5.41, 5.74) is 0. The molecule has 2 aliphatic rings. The van der Waals surface area contributed by atoms with E-state index < -0.39 is 0 Å². The molecular formula is C12H20N2O2. The third-order valence-electron chi connectivity index (χ3n) is 3.60. The molecule has 3 unspecified atom stereocenters. The van der Waals surface area contributed by atoms with Gasteiger partial charge in [0.1, 0.15) is 6.04 Å². The van der Waals surface area contributed by atoms with Crippen LogP contribution in [0.15, 0.2) is 0 Å². The highest BCUT2D eigenvalue weighted by atomic mass is 16.2. The van der Waals surface area contributed by atoms with Gasteiger partial charge in [-0.25, -0.2) is 0 Å². The number of nitrogens with zero attached hydrogens (tertiary/aromatic N) is 1. The first-order valence-electron chi connectivity index (χ1n) is 6.08. The van der Waals surface area contributed by atoms with Crippen LogP contribution in [0.5, 0.6) is 0 Å². The monoisotopic (exact) mass is 224 g/mol. The van der Waals surface area contributed by atoms with Crippen molar-refractivity contribution in [2.45, 2.75) is 45.7 Å². The van der Waals surface area contributed by atoms with E-state index in [2.05, 4.69) is 5.32 Å². The number of piperidine rings is 1. The Kier molecular flexibility index (Phi) is 2.91. The summed E-state index contributed by atoms with van der Waals surface area (Å²) in [5, 5.41) is 2.76. The average Bonchev–Trinajstić information content (AvgIpc) is 2.85. The molecule has 16 heavy (non-hydrogen) atoms. The molecule has 2 amide bonds. The van der Waals surface area contributed by atoms with Gasteiger partial charge in [-0.1, -0.05) is 13.8 Å². The van der Waals surface area contributed by atoms with Crippen LogP contribution in [0.3, 0.4) is 0 Å². The molecule has 1 saturated carbocycles. The minimum absolute atomic E-state index is 0.107. The molecule has 3 atom stereocenters. The van der Waals surface area contributed by atoms with Crippen molar-refractivity contribution in [2.24, 2.45) is 11.8 Å². The van der Waals surface area contributed by atoms with Crippen LogP contribution in [-0.4, -0.2) is 35.3 Å². The minimum atomic E-state index is -0.350. The lowest BCUT2D eigenvalue weighted by molar-refractivity contribution is -0.137. The number of carbonyl (C=O) groups excluding carboxylic acids is 2. The van der Waals surface area contributed by atoms with E-state index in [-0.39, 0.29) is 23.8 Å². The van der Waals surface area contributed by atoms with Gasteiger partial charge in [-0.15, -0.1) is 0 Å². The molecule has 1 aliphatic carbocycles. The van der Waals surface area contributed by atoms with Gasteiger partial charge in [-0.3, -0.25) is 9.59 Å². The summed E-state index contributed by atoms with van der Waals surface area (Å²) < 4.78 is 0. The average molecular weight is 224 g/mol. The van der Waals surface area contributed by atoms with Gasteiger partial charge in [0.05, 0.1) is 0 Å². The van der Waals surface area contributed by atoms with Gasteiger partial charge in [-0.05, 0) is 24.7 Å². The molecule has 0 spiro atoms. The molecule has 2 rings (SSSR count). The lowest BCUT2D eigenvalue weighted by atomic mass is 10.0. The van der Waals surface area contributed by atoms with Crippen molar-refractivity contribution in [3.05, 3.63) is 0 Å². The van der Waals surface area contributed by atoms with Gasteiger partial charge in [0.25, 0.3) is 0 Å². The van der Waals surface area contributed by atoms with Gasteiger partial charge < -0.3 is 10.2 Å². The van der Waals surface area contributed by atoms with E-state index in [1.807, 2.05) is 18.7 Å². The van der Waals surface area contributed by atoms with Crippen molar-refractivity contribution >= 4 is 11.8 Å². The second-order valence-corrected chi connectivity index (χ2v) is 5.31. The van der Waals surface area contributed by atoms with E-state index in [0.29, 0.717) is 6.04 Å². The van der Waals surface area contributed by atoms with Crippen LogP contribution in [0.1, 0.15) is 33.6 Å². The number of nitrogens with one attached hydrogen (secondary N) is 1. The fourth-order valence-corrected chi connectivity index (χ4v) is 2.58. The number of hydrogen-bond donors (Lipinski definition) is 1. The Morgan fingerprint density at radius 1 is 1.38 bits per heavy atom. The zero-order valence-corrected chi connectivity index (χ0v) is 10.2. The molecule has 0 aromatic rings. The highest BCUT2D eigenvalue weighted by Crippen LogP contribution is 2.44. The van der Waals surface area contributed by atoms with Crippen LogP contribution in [0.25, 0.3) is 0 Å². The van der Waals surface area contributed by atoms with Gasteiger partial charge in [0, 0.05) is 19.5 Å². The number of hydrogen-bond acceptors (Lipinski definition) is 2. The molecule has 1 saturated heterocycles. The summed E-state index contributed by atoms with van der Waals surface area (Å²) in [6.45, 7) is 6.28. The van der Waals surface area contributed by atoms with Crippen molar-refractivity contribution in [2.75, 3.05) is 6.54 Å². The molecule has 1 N–H and O–H groups in total. The molecular weight excluding hydrogens is 204 g/mol. The second-order valence-electron chi connectivity index (χ2n) is 5.31. The molecule has 0 radical (unpaired) electrons. The van der Waals surface area contributed by atoms with Crippen molar-refractivity contribution < 1.29 is 9.59 Å². The Balaban J connectivity index is 2.01. The minimum Gasteiger partial charge on any atom is -0.344 e. The molecule has 0 bridgehead atoms. The van der Waals surface area contributed by atoms with Crippen LogP contribution < -0.4 is 5.32 Å². The Morgan fingerprint density at radius 3 is 2.44 bits per heavy atom. The summed E-state index contributed by atoms with van der Waals surface area (Å²) in [7, 11) is 0. The van der Waals surface area contributed by atoms with Crippen LogP contribution in [0, 0.1) is 11.8 Å². The number of likely N-dealkylation sites (tertiary alicyclic amines) is 1. The van der Waals surface area contributed by atoms with E-state index in [1.165, 1.54) is 6.92 Å². The second kappa shape index (κ2) is 4.07. The summed E-state index contributed by atoms with van der Waals surface area (Å²) in [4.78, 5) is 25.3. The fraction of sp³-hybridized carbons (Fsp3) is 0.833. The molecule has 1 heterocycles. The molecule has 2 fully saturated rings. The van der Waals surface area contributed by atoms with Crippen molar-refractivity contribution in [3.8, 4) is 0 Å². The normalized spacial score (nSPS) is 28.9. The lowest BCUT2D eigenvalue weighted by Gasteiger charge is -2.27. The number of carbonyl (C=O) groups is 2. The first kappa shape index (κ1) is 11.4. The van der Waals surface area contributed by atoms with Crippen LogP contribution in [0.4, 0.5) is 0 Å². The quantitative estimate of drug-likeness (QED) is 0.769. The third kappa shape index (κ3) is 2.06. The highest BCUT2D eigenvalue weighted by molar-refractivity contribution is 5.87.